The molecule has 1 fully saturated rings. The zero-order valence-corrected chi connectivity index (χ0v) is 11.7. The van der Waals surface area contributed by atoms with Gasteiger partial charge in [0.15, 0.2) is 0 Å². The summed E-state index contributed by atoms with van der Waals surface area (Å²) in [7, 11) is -3.63. The molecule has 0 atom stereocenters. The zero-order valence-electron chi connectivity index (χ0n) is 9.40. The number of sulfonamides is 1. The maximum atomic E-state index is 12.3. The summed E-state index contributed by atoms with van der Waals surface area (Å²) in [5.74, 6) is 0. The number of nitrogens with zero attached hydrogens (tertiary/aromatic N) is 1. The first-order valence-corrected chi connectivity index (χ1v) is 7.62. The Bertz CT molecular complexity index is 580. The molecule has 18 heavy (non-hydrogen) atoms. The highest BCUT2D eigenvalue weighted by Gasteiger charge is 2.29. The molecule has 1 saturated heterocycles. The van der Waals surface area contributed by atoms with Crippen molar-refractivity contribution in [2.45, 2.75) is 17.7 Å². The van der Waals surface area contributed by atoms with Gasteiger partial charge in [-0.05, 0) is 42.6 Å². The normalized spacial score (nSPS) is 17.0. The number of carbonyl (C=O) groups excluding carboxylic acids is 1. The number of rotatable bonds is 3. The summed E-state index contributed by atoms with van der Waals surface area (Å²) < 4.78 is 26.0. The predicted octanol–water partition coefficient (Wildman–Crippen LogP) is 2.50. The van der Waals surface area contributed by atoms with Crippen LogP contribution in [0.3, 0.4) is 0 Å². The fourth-order valence-electron chi connectivity index (χ4n) is 1.89. The summed E-state index contributed by atoms with van der Waals surface area (Å²) in [6.07, 6.45) is 1.68. The second-order valence-corrected chi connectivity index (χ2v) is 6.69. The molecule has 0 bridgehead atoms. The van der Waals surface area contributed by atoms with Crippen LogP contribution in [0.25, 0.3) is 0 Å². The van der Waals surface area contributed by atoms with Crippen molar-refractivity contribution in [1.29, 1.82) is 0 Å². The highest BCUT2D eigenvalue weighted by molar-refractivity contribution is 7.89. The Labute approximate surface area is 116 Å². The van der Waals surface area contributed by atoms with E-state index in [1.54, 1.807) is 0 Å². The van der Waals surface area contributed by atoms with Crippen LogP contribution in [0.5, 0.6) is 0 Å². The SMILES string of the molecule is O=C(Cl)c1ccc(Cl)c(S(=O)(=O)N2CCCC2)c1. The highest BCUT2D eigenvalue weighted by Crippen LogP contribution is 2.28. The van der Waals surface area contributed by atoms with Crippen molar-refractivity contribution < 1.29 is 13.2 Å². The van der Waals surface area contributed by atoms with E-state index in [1.165, 1.54) is 22.5 Å². The number of benzene rings is 1. The monoisotopic (exact) mass is 307 g/mol. The van der Waals surface area contributed by atoms with Crippen molar-refractivity contribution >= 4 is 38.5 Å². The molecule has 0 amide bonds. The van der Waals surface area contributed by atoms with E-state index in [4.69, 9.17) is 23.2 Å². The van der Waals surface area contributed by atoms with Gasteiger partial charge in [-0.15, -0.1) is 0 Å². The van der Waals surface area contributed by atoms with Crippen molar-refractivity contribution in [1.82, 2.24) is 4.31 Å². The van der Waals surface area contributed by atoms with Gasteiger partial charge in [-0.3, -0.25) is 4.79 Å². The Morgan fingerprint density at radius 3 is 2.39 bits per heavy atom. The van der Waals surface area contributed by atoms with Gasteiger partial charge >= 0.3 is 0 Å². The highest BCUT2D eigenvalue weighted by atomic mass is 35.5. The summed E-state index contributed by atoms with van der Waals surface area (Å²) in [5, 5.41) is -0.604. The Kier molecular flexibility index (Phi) is 3.96. The first kappa shape index (κ1) is 13.8. The molecule has 1 heterocycles. The first-order chi connectivity index (χ1) is 8.43. The Hall–Kier alpha value is -0.620. The lowest BCUT2D eigenvalue weighted by Crippen LogP contribution is -2.28. The number of carbonyl (C=O) groups is 1. The van der Waals surface area contributed by atoms with Crippen LogP contribution >= 0.6 is 23.2 Å². The first-order valence-electron chi connectivity index (χ1n) is 5.42. The van der Waals surface area contributed by atoms with Gasteiger partial charge in [0.05, 0.1) is 5.02 Å². The maximum Gasteiger partial charge on any atom is 0.252 e. The fraction of sp³-hybridized carbons (Fsp3) is 0.364. The van der Waals surface area contributed by atoms with Crippen molar-refractivity contribution in [3.05, 3.63) is 28.8 Å². The molecule has 1 aromatic rings. The molecular weight excluding hydrogens is 297 g/mol. The van der Waals surface area contributed by atoms with E-state index in [1.807, 2.05) is 0 Å². The predicted molar refractivity (Wildman–Crippen MR) is 69.6 cm³/mol. The van der Waals surface area contributed by atoms with Crippen LogP contribution in [-0.4, -0.2) is 31.1 Å². The standard InChI is InChI=1S/C11H11Cl2NO3S/c12-9-4-3-8(11(13)15)7-10(9)18(16,17)14-5-1-2-6-14/h3-4,7H,1-2,5-6H2. The van der Waals surface area contributed by atoms with Gasteiger partial charge in [-0.1, -0.05) is 11.6 Å². The smallest absolute Gasteiger partial charge is 0.252 e. The van der Waals surface area contributed by atoms with Crippen LogP contribution in [0.15, 0.2) is 23.1 Å². The second-order valence-electron chi connectivity index (χ2n) is 4.03. The molecule has 0 saturated carbocycles. The molecule has 0 aliphatic carbocycles. The Morgan fingerprint density at radius 2 is 1.83 bits per heavy atom. The summed E-state index contributed by atoms with van der Waals surface area (Å²) in [5.41, 5.74) is 0.124. The molecule has 0 spiro atoms. The summed E-state index contributed by atoms with van der Waals surface area (Å²) in [6, 6.07) is 4.01. The molecule has 0 aromatic heterocycles. The zero-order chi connectivity index (χ0) is 13.3. The van der Waals surface area contributed by atoms with E-state index in [9.17, 15) is 13.2 Å². The minimum atomic E-state index is -3.63. The molecule has 98 valence electrons. The summed E-state index contributed by atoms with van der Waals surface area (Å²) in [6.45, 7) is 0.968. The van der Waals surface area contributed by atoms with Crippen molar-refractivity contribution in [3.63, 3.8) is 0 Å². The molecule has 0 N–H and O–H groups in total. The lowest BCUT2D eigenvalue weighted by Gasteiger charge is -2.16. The third kappa shape index (κ3) is 2.54. The third-order valence-corrected chi connectivity index (χ3v) is 5.44. The quantitative estimate of drug-likeness (QED) is 0.806. The van der Waals surface area contributed by atoms with Crippen LogP contribution in [0.1, 0.15) is 23.2 Å². The largest absolute Gasteiger partial charge is 0.276 e. The molecule has 2 rings (SSSR count). The van der Waals surface area contributed by atoms with Gasteiger partial charge in [-0.2, -0.15) is 4.31 Å². The van der Waals surface area contributed by atoms with E-state index in [2.05, 4.69) is 0 Å². The fourth-order valence-corrected chi connectivity index (χ4v) is 4.03. The van der Waals surface area contributed by atoms with E-state index < -0.39 is 15.3 Å². The van der Waals surface area contributed by atoms with E-state index in [-0.39, 0.29) is 15.5 Å². The molecular formula is C11H11Cl2NO3S. The van der Waals surface area contributed by atoms with Crippen LogP contribution in [0, 0.1) is 0 Å². The van der Waals surface area contributed by atoms with Crippen molar-refractivity contribution in [2.24, 2.45) is 0 Å². The van der Waals surface area contributed by atoms with Gasteiger partial charge in [-0.25, -0.2) is 8.42 Å². The van der Waals surface area contributed by atoms with Gasteiger partial charge in [0, 0.05) is 18.7 Å². The second kappa shape index (κ2) is 5.17. The summed E-state index contributed by atoms with van der Waals surface area (Å²) >= 11 is 11.3. The number of hydrogen-bond acceptors (Lipinski definition) is 3. The maximum absolute atomic E-state index is 12.3. The Balaban J connectivity index is 2.49. The van der Waals surface area contributed by atoms with Gasteiger partial charge < -0.3 is 0 Å². The molecule has 1 aromatic carbocycles. The van der Waals surface area contributed by atoms with Crippen molar-refractivity contribution in [3.8, 4) is 0 Å². The molecule has 4 nitrogen and oxygen atoms in total. The molecule has 1 aliphatic heterocycles. The van der Waals surface area contributed by atoms with E-state index in [0.717, 1.165) is 12.8 Å². The number of halogens is 2. The molecule has 0 unspecified atom stereocenters. The van der Waals surface area contributed by atoms with Gasteiger partial charge in [0.2, 0.25) is 10.0 Å². The van der Waals surface area contributed by atoms with Crippen LogP contribution in [0.2, 0.25) is 5.02 Å². The lowest BCUT2D eigenvalue weighted by molar-refractivity contribution is 0.108. The Morgan fingerprint density at radius 1 is 1.22 bits per heavy atom. The molecule has 0 radical (unpaired) electrons. The van der Waals surface area contributed by atoms with Crippen LogP contribution in [0.4, 0.5) is 0 Å². The minimum absolute atomic E-state index is 0.0578. The topological polar surface area (TPSA) is 54.5 Å². The minimum Gasteiger partial charge on any atom is -0.276 e. The molecule has 1 aliphatic rings. The van der Waals surface area contributed by atoms with E-state index >= 15 is 0 Å². The van der Waals surface area contributed by atoms with Crippen LogP contribution < -0.4 is 0 Å². The number of hydrogen-bond donors (Lipinski definition) is 0. The van der Waals surface area contributed by atoms with Gasteiger partial charge in [0.25, 0.3) is 5.24 Å². The third-order valence-electron chi connectivity index (χ3n) is 2.84. The molecule has 7 heteroatoms. The van der Waals surface area contributed by atoms with Crippen molar-refractivity contribution in [2.75, 3.05) is 13.1 Å². The van der Waals surface area contributed by atoms with E-state index in [0.29, 0.717) is 13.1 Å². The van der Waals surface area contributed by atoms with Gasteiger partial charge in [0.1, 0.15) is 4.90 Å². The summed E-state index contributed by atoms with van der Waals surface area (Å²) in [4.78, 5) is 11.0. The average Bonchev–Trinajstić information content (AvgIpc) is 2.82. The van der Waals surface area contributed by atoms with Crippen LogP contribution in [-0.2, 0) is 10.0 Å². The lowest BCUT2D eigenvalue weighted by atomic mass is 10.2. The average molecular weight is 308 g/mol.